The molecule has 19 heavy (non-hydrogen) atoms. The number of rotatable bonds is 4. The molecule has 2 rings (SSSR count). The van der Waals surface area contributed by atoms with Gasteiger partial charge in [0.2, 0.25) is 15.9 Å². The van der Waals surface area contributed by atoms with E-state index < -0.39 is 15.6 Å². The molecule has 0 saturated heterocycles. The van der Waals surface area contributed by atoms with Gasteiger partial charge in [-0.3, -0.25) is 4.79 Å². The first kappa shape index (κ1) is 14.0. The summed E-state index contributed by atoms with van der Waals surface area (Å²) in [4.78, 5) is 12.0. The van der Waals surface area contributed by atoms with Crippen LogP contribution in [0.5, 0.6) is 0 Å². The minimum atomic E-state index is -3.78. The Hall–Kier alpha value is -1.44. The Balaban J connectivity index is 2.18. The van der Waals surface area contributed by atoms with E-state index in [1.54, 1.807) is 13.0 Å². The normalized spacial score (nSPS) is 18.7. The average molecular weight is 283 g/mol. The third kappa shape index (κ3) is 3.12. The summed E-state index contributed by atoms with van der Waals surface area (Å²) in [7, 11) is -3.78. The number of carbonyl (C=O) groups excluding carboxylic acids is 1. The standard InChI is InChI=1S/C12H17N3O3S/c1-12(13,8-5-6-8)11(16)15-9-3-2-4-10(7-9)19(14,17)18/h2-4,7-8H,5-6,13H2,1H3,(H,15,16)(H2,14,17,18). The Bertz CT molecular complexity index is 606. The van der Waals surface area contributed by atoms with Crippen molar-refractivity contribution in [2.24, 2.45) is 16.8 Å². The van der Waals surface area contributed by atoms with Gasteiger partial charge in [0, 0.05) is 5.69 Å². The maximum absolute atomic E-state index is 12.1. The van der Waals surface area contributed by atoms with Crippen molar-refractivity contribution >= 4 is 21.6 Å². The highest BCUT2D eigenvalue weighted by molar-refractivity contribution is 7.89. The molecule has 1 aromatic rings. The molecule has 0 radical (unpaired) electrons. The number of nitrogens with two attached hydrogens (primary N) is 2. The van der Waals surface area contributed by atoms with E-state index >= 15 is 0 Å². The van der Waals surface area contributed by atoms with Crippen LogP contribution in [-0.4, -0.2) is 19.9 Å². The van der Waals surface area contributed by atoms with Gasteiger partial charge in [-0.25, -0.2) is 13.6 Å². The van der Waals surface area contributed by atoms with Crippen molar-refractivity contribution < 1.29 is 13.2 Å². The van der Waals surface area contributed by atoms with E-state index in [4.69, 9.17) is 10.9 Å². The summed E-state index contributed by atoms with van der Waals surface area (Å²) in [5, 5.41) is 7.67. The van der Waals surface area contributed by atoms with Gasteiger partial charge in [0.1, 0.15) is 0 Å². The van der Waals surface area contributed by atoms with Crippen LogP contribution in [-0.2, 0) is 14.8 Å². The van der Waals surface area contributed by atoms with Gasteiger partial charge in [-0.15, -0.1) is 0 Å². The highest BCUT2D eigenvalue weighted by Crippen LogP contribution is 2.38. The zero-order chi connectivity index (χ0) is 14.3. The first-order valence-corrected chi connectivity index (χ1v) is 7.49. The van der Waals surface area contributed by atoms with Gasteiger partial charge in [0.05, 0.1) is 10.4 Å². The SMILES string of the molecule is CC(N)(C(=O)Nc1cccc(S(N)(=O)=O)c1)C1CC1. The Labute approximate surface area is 112 Å². The quantitative estimate of drug-likeness (QED) is 0.741. The number of nitrogens with one attached hydrogen (secondary N) is 1. The number of sulfonamides is 1. The number of anilines is 1. The molecule has 1 aliphatic carbocycles. The van der Waals surface area contributed by atoms with Crippen molar-refractivity contribution in [3.05, 3.63) is 24.3 Å². The van der Waals surface area contributed by atoms with E-state index in [-0.39, 0.29) is 16.7 Å². The van der Waals surface area contributed by atoms with Crippen LogP contribution in [0.4, 0.5) is 5.69 Å². The highest BCUT2D eigenvalue weighted by atomic mass is 32.2. The van der Waals surface area contributed by atoms with Crippen LogP contribution in [0, 0.1) is 5.92 Å². The van der Waals surface area contributed by atoms with E-state index in [2.05, 4.69) is 5.32 Å². The third-order valence-corrected chi connectivity index (χ3v) is 4.25. The molecule has 0 heterocycles. The zero-order valence-electron chi connectivity index (χ0n) is 10.6. The fourth-order valence-electron chi connectivity index (χ4n) is 1.89. The van der Waals surface area contributed by atoms with Gasteiger partial charge < -0.3 is 11.1 Å². The van der Waals surface area contributed by atoms with Crippen molar-refractivity contribution in [3.63, 3.8) is 0 Å². The van der Waals surface area contributed by atoms with Gasteiger partial charge in [0.15, 0.2) is 0 Å². The molecule has 1 unspecified atom stereocenters. The monoisotopic (exact) mass is 283 g/mol. The maximum Gasteiger partial charge on any atom is 0.244 e. The number of hydrogen-bond donors (Lipinski definition) is 3. The van der Waals surface area contributed by atoms with Crippen molar-refractivity contribution in [1.29, 1.82) is 0 Å². The lowest BCUT2D eigenvalue weighted by atomic mass is 9.96. The zero-order valence-corrected chi connectivity index (χ0v) is 11.4. The first-order chi connectivity index (χ1) is 8.71. The first-order valence-electron chi connectivity index (χ1n) is 5.94. The highest BCUT2D eigenvalue weighted by Gasteiger charge is 2.44. The minimum Gasteiger partial charge on any atom is -0.324 e. The van der Waals surface area contributed by atoms with Gasteiger partial charge in [-0.1, -0.05) is 6.07 Å². The van der Waals surface area contributed by atoms with Crippen molar-refractivity contribution in [1.82, 2.24) is 0 Å². The van der Waals surface area contributed by atoms with Crippen LogP contribution < -0.4 is 16.2 Å². The second-order valence-electron chi connectivity index (χ2n) is 5.08. The Morgan fingerprint density at radius 1 is 1.42 bits per heavy atom. The average Bonchev–Trinajstić information content (AvgIpc) is 3.12. The molecule has 5 N–H and O–H groups in total. The predicted molar refractivity (Wildman–Crippen MR) is 71.8 cm³/mol. The summed E-state index contributed by atoms with van der Waals surface area (Å²) in [6, 6.07) is 5.79. The van der Waals surface area contributed by atoms with Crippen LogP contribution in [0.2, 0.25) is 0 Å². The van der Waals surface area contributed by atoms with Crippen molar-refractivity contribution in [3.8, 4) is 0 Å². The molecule has 7 heteroatoms. The van der Waals surface area contributed by atoms with E-state index in [0.29, 0.717) is 5.69 Å². The molecule has 0 spiro atoms. The molecule has 6 nitrogen and oxygen atoms in total. The lowest BCUT2D eigenvalue weighted by Crippen LogP contribution is -2.50. The summed E-state index contributed by atoms with van der Waals surface area (Å²) in [5.41, 5.74) is 5.42. The smallest absolute Gasteiger partial charge is 0.244 e. The maximum atomic E-state index is 12.1. The van der Waals surface area contributed by atoms with Gasteiger partial charge >= 0.3 is 0 Å². The molecule has 0 bridgehead atoms. The lowest BCUT2D eigenvalue weighted by Gasteiger charge is -2.23. The van der Waals surface area contributed by atoms with Crippen LogP contribution in [0.25, 0.3) is 0 Å². The van der Waals surface area contributed by atoms with E-state index in [1.165, 1.54) is 18.2 Å². The number of hydrogen-bond acceptors (Lipinski definition) is 4. The van der Waals surface area contributed by atoms with Crippen molar-refractivity contribution in [2.45, 2.75) is 30.2 Å². The molecule has 0 aromatic heterocycles. The number of primary sulfonamides is 1. The molecule has 104 valence electrons. The van der Waals surface area contributed by atoms with Crippen LogP contribution >= 0.6 is 0 Å². The van der Waals surface area contributed by atoms with Crippen molar-refractivity contribution in [2.75, 3.05) is 5.32 Å². The van der Waals surface area contributed by atoms with E-state index in [9.17, 15) is 13.2 Å². The molecule has 1 amide bonds. The van der Waals surface area contributed by atoms with Crippen LogP contribution in [0.15, 0.2) is 29.2 Å². The molecule has 1 atom stereocenters. The topological polar surface area (TPSA) is 115 Å². The Kier molecular flexibility index (Phi) is 3.38. The van der Waals surface area contributed by atoms with E-state index in [0.717, 1.165) is 12.8 Å². The largest absolute Gasteiger partial charge is 0.324 e. The second-order valence-corrected chi connectivity index (χ2v) is 6.65. The molecule has 1 aliphatic rings. The summed E-state index contributed by atoms with van der Waals surface area (Å²) < 4.78 is 22.5. The number of amides is 1. The van der Waals surface area contributed by atoms with Crippen LogP contribution in [0.1, 0.15) is 19.8 Å². The van der Waals surface area contributed by atoms with Gasteiger partial charge in [0.25, 0.3) is 0 Å². The third-order valence-electron chi connectivity index (χ3n) is 3.34. The summed E-state index contributed by atoms with van der Waals surface area (Å²) >= 11 is 0. The number of benzene rings is 1. The molecular formula is C12H17N3O3S. The Morgan fingerprint density at radius 3 is 2.58 bits per heavy atom. The predicted octanol–water partition coefficient (Wildman–Crippen LogP) is 0.400. The minimum absolute atomic E-state index is 0.0459. The summed E-state index contributed by atoms with van der Waals surface area (Å²) in [6.45, 7) is 1.68. The lowest BCUT2D eigenvalue weighted by molar-refractivity contribution is -0.121. The molecule has 0 aliphatic heterocycles. The summed E-state index contributed by atoms with van der Waals surface area (Å²) in [5.74, 6) is -0.129. The van der Waals surface area contributed by atoms with Gasteiger partial charge in [-0.2, -0.15) is 0 Å². The fraction of sp³-hybridized carbons (Fsp3) is 0.417. The summed E-state index contributed by atoms with van der Waals surface area (Å²) in [6.07, 6.45) is 1.88. The molecule has 1 fully saturated rings. The second kappa shape index (κ2) is 4.59. The molecular weight excluding hydrogens is 266 g/mol. The molecule has 1 aromatic carbocycles. The van der Waals surface area contributed by atoms with Crippen LogP contribution in [0.3, 0.4) is 0 Å². The molecule has 1 saturated carbocycles. The van der Waals surface area contributed by atoms with Gasteiger partial charge in [-0.05, 0) is 43.9 Å². The van der Waals surface area contributed by atoms with E-state index in [1.807, 2.05) is 0 Å². The number of carbonyl (C=O) groups is 1. The Morgan fingerprint density at radius 2 is 2.05 bits per heavy atom. The fourth-order valence-corrected chi connectivity index (χ4v) is 2.44.